The smallest absolute Gasteiger partial charge is 0.122 e. The molecular weight excluding hydrogens is 262 g/mol. The van der Waals surface area contributed by atoms with Crippen molar-refractivity contribution in [3.8, 4) is 11.5 Å². The van der Waals surface area contributed by atoms with E-state index in [1.165, 1.54) is 16.7 Å². The van der Waals surface area contributed by atoms with Gasteiger partial charge in [-0.3, -0.25) is 0 Å². The normalized spacial score (nSPS) is 14.5. The topological polar surface area (TPSA) is 41.5 Å². The summed E-state index contributed by atoms with van der Waals surface area (Å²) in [5, 5.41) is 12.8. The number of nitrogens with one attached hydrogen (secondary N) is 1. The van der Waals surface area contributed by atoms with E-state index in [2.05, 4.69) is 30.4 Å². The van der Waals surface area contributed by atoms with Gasteiger partial charge in [-0.25, -0.2) is 0 Å². The fourth-order valence-electron chi connectivity index (χ4n) is 2.69. The van der Waals surface area contributed by atoms with Crippen molar-refractivity contribution in [2.75, 3.05) is 13.2 Å². The number of ether oxygens (including phenoxy) is 1. The predicted molar refractivity (Wildman–Crippen MR) is 83.9 cm³/mol. The van der Waals surface area contributed by atoms with Gasteiger partial charge in [0.05, 0.1) is 6.61 Å². The Morgan fingerprint density at radius 3 is 2.81 bits per heavy atom. The van der Waals surface area contributed by atoms with Crippen LogP contribution in [0.3, 0.4) is 0 Å². The zero-order chi connectivity index (χ0) is 14.7. The molecule has 0 saturated carbocycles. The molecule has 0 radical (unpaired) electrons. The molecule has 0 fully saturated rings. The molecule has 1 unspecified atom stereocenters. The minimum Gasteiger partial charge on any atom is -0.508 e. The first-order valence-corrected chi connectivity index (χ1v) is 7.49. The number of hydrogen-bond acceptors (Lipinski definition) is 3. The molecule has 0 aromatic heterocycles. The number of hydrogen-bond donors (Lipinski definition) is 2. The number of benzene rings is 2. The molecule has 1 aliphatic rings. The predicted octanol–water partition coefficient (Wildman–Crippen LogP) is 3.22. The molecule has 0 saturated heterocycles. The van der Waals surface area contributed by atoms with Crippen LogP contribution in [-0.4, -0.2) is 18.3 Å². The van der Waals surface area contributed by atoms with E-state index in [0.717, 1.165) is 31.7 Å². The van der Waals surface area contributed by atoms with E-state index >= 15 is 0 Å². The molecule has 1 aliphatic heterocycles. The summed E-state index contributed by atoms with van der Waals surface area (Å²) in [7, 11) is 0. The number of aromatic hydroxyl groups is 1. The first-order chi connectivity index (χ1) is 10.2. The van der Waals surface area contributed by atoms with Crippen LogP contribution in [0.2, 0.25) is 0 Å². The third-order valence-electron chi connectivity index (χ3n) is 4.01. The molecule has 2 aromatic carbocycles. The number of phenolic OH excluding ortho intramolecular Hbond substituents is 1. The molecule has 110 valence electrons. The molecule has 0 spiro atoms. The van der Waals surface area contributed by atoms with Gasteiger partial charge in [0.15, 0.2) is 0 Å². The molecule has 3 heteroatoms. The standard InChI is InChI=1S/C18H21NO2/c1-13(15-4-7-18-16(12-15)9-11-21-18)19-10-8-14-2-5-17(20)6-3-14/h2-7,12-13,19-20H,8-11H2,1H3. The molecule has 0 bridgehead atoms. The lowest BCUT2D eigenvalue weighted by molar-refractivity contribution is 0.356. The third kappa shape index (κ3) is 3.37. The van der Waals surface area contributed by atoms with Gasteiger partial charge in [0.1, 0.15) is 11.5 Å². The van der Waals surface area contributed by atoms with Gasteiger partial charge in [0, 0.05) is 12.5 Å². The molecule has 0 amide bonds. The van der Waals surface area contributed by atoms with Gasteiger partial charge in [0.2, 0.25) is 0 Å². The average molecular weight is 283 g/mol. The Hall–Kier alpha value is -2.00. The monoisotopic (exact) mass is 283 g/mol. The minimum absolute atomic E-state index is 0.320. The van der Waals surface area contributed by atoms with E-state index in [9.17, 15) is 5.11 Å². The van der Waals surface area contributed by atoms with Crippen LogP contribution in [0.25, 0.3) is 0 Å². The zero-order valence-electron chi connectivity index (χ0n) is 12.3. The summed E-state index contributed by atoms with van der Waals surface area (Å²) >= 11 is 0. The Balaban J connectivity index is 1.54. The second kappa shape index (κ2) is 6.19. The maximum absolute atomic E-state index is 9.27. The SMILES string of the molecule is CC(NCCc1ccc(O)cc1)c1ccc2c(c1)CCO2. The summed E-state index contributed by atoms with van der Waals surface area (Å²) in [5.74, 6) is 1.36. The lowest BCUT2D eigenvalue weighted by Gasteiger charge is -2.15. The van der Waals surface area contributed by atoms with E-state index in [1.54, 1.807) is 12.1 Å². The van der Waals surface area contributed by atoms with Gasteiger partial charge in [-0.1, -0.05) is 24.3 Å². The van der Waals surface area contributed by atoms with Crippen LogP contribution in [-0.2, 0) is 12.8 Å². The fraction of sp³-hybridized carbons (Fsp3) is 0.333. The van der Waals surface area contributed by atoms with Crippen molar-refractivity contribution in [2.45, 2.75) is 25.8 Å². The highest BCUT2D eigenvalue weighted by atomic mass is 16.5. The van der Waals surface area contributed by atoms with Crippen molar-refractivity contribution in [1.29, 1.82) is 0 Å². The second-order valence-electron chi connectivity index (χ2n) is 5.56. The lowest BCUT2D eigenvalue weighted by atomic mass is 10.0. The van der Waals surface area contributed by atoms with Crippen LogP contribution in [0.1, 0.15) is 29.7 Å². The van der Waals surface area contributed by atoms with E-state index in [1.807, 2.05) is 12.1 Å². The number of fused-ring (bicyclic) bond motifs is 1. The van der Waals surface area contributed by atoms with Crippen molar-refractivity contribution in [1.82, 2.24) is 5.32 Å². The summed E-state index contributed by atoms with van der Waals surface area (Å²) in [5.41, 5.74) is 3.86. The largest absolute Gasteiger partial charge is 0.508 e. The van der Waals surface area contributed by atoms with Crippen LogP contribution in [0.15, 0.2) is 42.5 Å². The van der Waals surface area contributed by atoms with Gasteiger partial charge in [-0.15, -0.1) is 0 Å². The van der Waals surface area contributed by atoms with E-state index < -0.39 is 0 Å². The van der Waals surface area contributed by atoms with Crippen molar-refractivity contribution in [2.24, 2.45) is 0 Å². The Morgan fingerprint density at radius 2 is 2.00 bits per heavy atom. The molecule has 0 aliphatic carbocycles. The van der Waals surface area contributed by atoms with Gasteiger partial charge >= 0.3 is 0 Å². The summed E-state index contributed by atoms with van der Waals surface area (Å²) in [4.78, 5) is 0. The molecule has 2 aromatic rings. The van der Waals surface area contributed by atoms with Crippen molar-refractivity contribution in [3.63, 3.8) is 0 Å². The van der Waals surface area contributed by atoms with Crippen LogP contribution in [0.5, 0.6) is 11.5 Å². The van der Waals surface area contributed by atoms with Gasteiger partial charge in [0.25, 0.3) is 0 Å². The summed E-state index contributed by atoms with van der Waals surface area (Å²) < 4.78 is 5.54. The van der Waals surface area contributed by atoms with Crippen molar-refractivity contribution in [3.05, 3.63) is 59.2 Å². The molecule has 2 N–H and O–H groups in total. The zero-order valence-corrected chi connectivity index (χ0v) is 12.3. The Kier molecular flexibility index (Phi) is 4.11. The van der Waals surface area contributed by atoms with Gasteiger partial charge in [-0.05, 0) is 54.8 Å². The molecule has 3 nitrogen and oxygen atoms in total. The number of phenols is 1. The maximum Gasteiger partial charge on any atom is 0.122 e. The van der Waals surface area contributed by atoms with Crippen LogP contribution >= 0.6 is 0 Å². The van der Waals surface area contributed by atoms with E-state index in [-0.39, 0.29) is 0 Å². The quantitative estimate of drug-likeness (QED) is 0.885. The highest BCUT2D eigenvalue weighted by molar-refractivity contribution is 5.40. The molecular formula is C18H21NO2. The van der Waals surface area contributed by atoms with Gasteiger partial charge in [-0.2, -0.15) is 0 Å². The fourth-order valence-corrected chi connectivity index (χ4v) is 2.69. The third-order valence-corrected chi connectivity index (χ3v) is 4.01. The summed E-state index contributed by atoms with van der Waals surface area (Å²) in [6, 6.07) is 14.2. The Labute approximate surface area is 125 Å². The summed E-state index contributed by atoms with van der Waals surface area (Å²) in [6.07, 6.45) is 1.97. The first kappa shape index (κ1) is 14.0. The Morgan fingerprint density at radius 1 is 1.19 bits per heavy atom. The molecule has 1 heterocycles. The number of rotatable bonds is 5. The van der Waals surface area contributed by atoms with Crippen molar-refractivity contribution >= 4 is 0 Å². The Bertz CT molecular complexity index is 607. The molecule has 21 heavy (non-hydrogen) atoms. The maximum atomic E-state index is 9.27. The van der Waals surface area contributed by atoms with E-state index in [0.29, 0.717) is 11.8 Å². The minimum atomic E-state index is 0.320. The highest BCUT2D eigenvalue weighted by Gasteiger charge is 2.14. The first-order valence-electron chi connectivity index (χ1n) is 7.49. The van der Waals surface area contributed by atoms with Crippen LogP contribution < -0.4 is 10.1 Å². The average Bonchev–Trinajstić information content (AvgIpc) is 2.96. The van der Waals surface area contributed by atoms with E-state index in [4.69, 9.17) is 4.74 Å². The van der Waals surface area contributed by atoms with Crippen molar-refractivity contribution < 1.29 is 9.84 Å². The molecule has 3 rings (SSSR count). The van der Waals surface area contributed by atoms with Gasteiger partial charge < -0.3 is 15.2 Å². The van der Waals surface area contributed by atoms with Crippen LogP contribution in [0.4, 0.5) is 0 Å². The highest BCUT2D eigenvalue weighted by Crippen LogP contribution is 2.28. The van der Waals surface area contributed by atoms with Crippen LogP contribution in [0, 0.1) is 0 Å². The molecule has 1 atom stereocenters. The lowest BCUT2D eigenvalue weighted by Crippen LogP contribution is -2.21. The summed E-state index contributed by atoms with van der Waals surface area (Å²) in [6.45, 7) is 3.91. The second-order valence-corrected chi connectivity index (χ2v) is 5.56.